The first-order valence-corrected chi connectivity index (χ1v) is 42.8. The van der Waals surface area contributed by atoms with Crippen LogP contribution in [0.1, 0.15) is 149 Å². The van der Waals surface area contributed by atoms with Crippen molar-refractivity contribution >= 4 is 136 Å². The molecule has 123 heavy (non-hydrogen) atoms. The van der Waals surface area contributed by atoms with E-state index in [1.165, 1.54) is 71.3 Å². The smallest absolute Gasteiger partial charge is 0.104 e. The zero-order valence-electron chi connectivity index (χ0n) is 92.1. The number of para-hydroxylation sites is 16. The molecule has 0 N–H and O–H groups in total. The molecule has 8 aliphatic heterocycles. The summed E-state index contributed by atoms with van der Waals surface area (Å²) in [7, 11) is 6.49. The van der Waals surface area contributed by atoms with Crippen LogP contribution < -0.4 is 78.4 Å². The second kappa shape index (κ2) is 33.0. The Kier molecular flexibility index (Phi) is 17.0. The van der Waals surface area contributed by atoms with Crippen LogP contribution in [0.3, 0.4) is 0 Å². The molecular formula is C107H126N16. The maximum atomic E-state index is 9.00. The molecule has 0 bridgehead atoms. The molecule has 0 saturated heterocycles. The minimum absolute atomic E-state index is 0.166. The van der Waals surface area contributed by atoms with Crippen LogP contribution in [0.5, 0.6) is 0 Å². The Balaban J connectivity index is 0.000000130. The molecule has 0 saturated carbocycles. The largest absolute Gasteiger partial charge is 0.353 e. The van der Waals surface area contributed by atoms with Gasteiger partial charge in [-0.3, -0.25) is 0 Å². The Hall–Kier alpha value is -12.6. The van der Waals surface area contributed by atoms with Crippen molar-refractivity contribution < 1.29 is 24.7 Å². The lowest BCUT2D eigenvalue weighted by atomic mass is 10.0. The minimum atomic E-state index is -3.12. The molecule has 20 rings (SSSR count). The first-order valence-electron chi connectivity index (χ1n) is 51.8. The number of fused-ring (bicyclic) bond motifs is 8. The van der Waals surface area contributed by atoms with E-state index < -0.39 is 64.9 Å². The highest BCUT2D eigenvalue weighted by Crippen LogP contribution is 2.56. The second-order valence-electron chi connectivity index (χ2n) is 33.4. The summed E-state index contributed by atoms with van der Waals surface area (Å²) in [6.45, 7) is 16.8. The molecule has 8 heterocycles. The van der Waals surface area contributed by atoms with Gasteiger partial charge in [-0.25, -0.2) is 0 Å². The van der Waals surface area contributed by atoms with Crippen LogP contribution >= 0.6 is 0 Å². The fraction of sp³-hybridized carbons (Fsp3) is 0.327. The number of nitrogens with zero attached hydrogens (tertiary/aromatic N) is 16. The first-order chi connectivity index (χ1) is 66.2. The van der Waals surface area contributed by atoms with Crippen molar-refractivity contribution in [3.63, 3.8) is 0 Å². The molecule has 0 aliphatic carbocycles. The van der Waals surface area contributed by atoms with Crippen LogP contribution in [0.2, 0.25) is 0 Å². The van der Waals surface area contributed by atoms with Gasteiger partial charge in [0.15, 0.2) is 0 Å². The van der Waals surface area contributed by atoms with Gasteiger partial charge in [0.25, 0.3) is 0 Å². The lowest BCUT2D eigenvalue weighted by Gasteiger charge is -2.36. The SMILES string of the molecule is Cc1cc(N2c3ccccc3N(C)[C@H]2C)c(C)c(N2c3ccccc3N(C)[C@@H]2C)c1.[2H]C(C)(C)N1c2ccccc2N(c2cccc(N3c4ccccc4N(C([2H])(C([2H])([2H])[2H])C([2H])([2H])[2H])[C@@H]3C)c2C)[C@@H]1C.[2H]C([2H])(C)N1c2ccccc2N(c2cccc(N3c4ccccc4N(C([2H])([2H])C([2H])([2H])[2H])[C@@H]3C)c2C)[C@@H]1C.[2H]C([2H])([2H])N1c2ccccc2N(c2cccc(N3c4ccccc4N(C)[C@H]3C)c2C)[C@H]1C. The predicted molar refractivity (Wildman–Crippen MR) is 529 cm³/mol. The second-order valence-corrected chi connectivity index (χ2v) is 33.4. The van der Waals surface area contributed by atoms with Gasteiger partial charge in [-0.1, -0.05) is 115 Å². The number of hydrogen-bond acceptors (Lipinski definition) is 16. The normalized spacial score (nSPS) is 22.9. The summed E-state index contributed by atoms with van der Waals surface area (Å²) >= 11 is 0. The molecule has 0 radical (unpaired) electrons. The Morgan fingerprint density at radius 3 is 0.772 bits per heavy atom. The number of benzene rings is 12. The summed E-state index contributed by atoms with van der Waals surface area (Å²) in [4.78, 5) is 32.7. The average Bonchev–Trinajstić information content (AvgIpc) is 1.56. The van der Waals surface area contributed by atoms with E-state index in [-0.39, 0.29) is 37.0 Å². The quantitative estimate of drug-likeness (QED) is 0.117. The lowest BCUT2D eigenvalue weighted by molar-refractivity contribution is 0.603. The molecule has 0 amide bonds. The third-order valence-electron chi connectivity index (χ3n) is 26.6. The van der Waals surface area contributed by atoms with Crippen molar-refractivity contribution in [2.45, 2.75) is 193 Å². The Morgan fingerprint density at radius 2 is 0.480 bits per heavy atom. The molecule has 12 aromatic rings. The molecule has 16 nitrogen and oxygen atoms in total. The summed E-state index contributed by atoms with van der Waals surface area (Å²) < 4.78 is 149. The van der Waals surface area contributed by atoms with Gasteiger partial charge < -0.3 is 78.4 Å². The third kappa shape index (κ3) is 13.5. The van der Waals surface area contributed by atoms with Crippen LogP contribution in [0.4, 0.5) is 136 Å². The molecular weight excluding hydrogens is 1510 g/mol. The fourth-order valence-corrected chi connectivity index (χ4v) is 20.3. The highest BCUT2D eigenvalue weighted by Gasteiger charge is 2.44. The zero-order chi connectivity index (χ0) is 102. The zero-order valence-corrected chi connectivity index (χ0v) is 74.1. The molecule has 16 heteroatoms. The van der Waals surface area contributed by atoms with Gasteiger partial charge in [0.1, 0.15) is 49.3 Å². The van der Waals surface area contributed by atoms with Gasteiger partial charge in [-0.2, -0.15) is 0 Å². The van der Waals surface area contributed by atoms with E-state index in [9.17, 15) is 0 Å². The molecule has 0 fully saturated rings. The molecule has 634 valence electrons. The summed E-state index contributed by atoms with van der Waals surface area (Å²) in [5.41, 5.74) is 28.8. The van der Waals surface area contributed by atoms with Crippen LogP contribution in [0, 0.1) is 34.6 Å². The highest BCUT2D eigenvalue weighted by molar-refractivity contribution is 5.96. The van der Waals surface area contributed by atoms with E-state index in [4.69, 9.17) is 24.7 Å². The summed E-state index contributed by atoms with van der Waals surface area (Å²) in [5.74, 6) is 0. The van der Waals surface area contributed by atoms with E-state index in [0.29, 0.717) is 17.1 Å². The summed E-state index contributed by atoms with van der Waals surface area (Å²) in [6, 6.07) is 82.8. The topological polar surface area (TPSA) is 51.8 Å². The van der Waals surface area contributed by atoms with E-state index in [1.807, 2.05) is 192 Å². The number of anilines is 24. The Labute approximate surface area is 758 Å². The molecule has 0 spiro atoms. The first kappa shape index (κ1) is 63.4. The van der Waals surface area contributed by atoms with Gasteiger partial charge in [-0.15, -0.1) is 0 Å². The van der Waals surface area contributed by atoms with Gasteiger partial charge in [0.2, 0.25) is 0 Å². The fourth-order valence-electron chi connectivity index (χ4n) is 20.3. The summed E-state index contributed by atoms with van der Waals surface area (Å²) in [5, 5.41) is 0. The average molecular weight is 1650 g/mol. The lowest BCUT2D eigenvalue weighted by Crippen LogP contribution is -2.43. The van der Waals surface area contributed by atoms with E-state index in [2.05, 4.69) is 222 Å². The van der Waals surface area contributed by atoms with Crippen molar-refractivity contribution in [3.8, 4) is 0 Å². The van der Waals surface area contributed by atoms with Crippen molar-refractivity contribution in [1.82, 2.24) is 0 Å². The van der Waals surface area contributed by atoms with Crippen molar-refractivity contribution in [1.29, 1.82) is 0 Å². The standard InChI is InChI=1S/C29H36N4.C27H32N4.C26H30N4.C25H28N4/c1-19(2)30-22(6)32(28-15-10-8-13-26(28)30)24-17-12-18-25(21(24)5)33-23(7)31(20(3)4)27-14-9-11-16-29(27)33;1-6-28-20(4)30(26-15-10-8-13-24(26)28)22-17-12-18-23(19(22)3)31-21(5)29(7-2)25-14-9-11-16-27(25)31;1-17-15-25(29-19(3)27(5)21-11-7-9-13-23(21)29)18(2)26(16-17)30-20(4)28(6)22-12-8-10-14-24(22)30;1-17-20(28-18(2)26(4)22-11-6-8-13-24(22)28)15-10-16-21(17)29-19(3)27(5)23-12-7-9-14-25(23)29/h8-20,22-23H,1-7H3;8-18,20-21H,6-7H2,1-5H3;7-16,19-20H,1-6H3;6-16,18-19H,1-5H3/t22-,23+;20-,21+;19-,20+;18-,19+/i1D3,2D3,19D,20D;1D3,6D2,7D2;;4D3/m00.0/s1. The Bertz CT molecular complexity index is 6620. The maximum Gasteiger partial charge on any atom is 0.104 e. The van der Waals surface area contributed by atoms with Crippen LogP contribution in [0.25, 0.3) is 0 Å². The predicted octanol–water partition coefficient (Wildman–Crippen LogP) is 26.1. The van der Waals surface area contributed by atoms with E-state index in [0.717, 1.165) is 90.6 Å². The summed E-state index contributed by atoms with van der Waals surface area (Å²) in [6.07, 6.45) is -1.49. The van der Waals surface area contributed by atoms with Crippen molar-refractivity contribution in [2.24, 2.45) is 0 Å². The third-order valence-corrected chi connectivity index (χ3v) is 26.6. The number of rotatable bonds is 12. The molecule has 8 atom stereocenters. The molecule has 12 aromatic carbocycles. The van der Waals surface area contributed by atoms with Gasteiger partial charge in [-0.05, 0) is 305 Å². The van der Waals surface area contributed by atoms with Gasteiger partial charge in [0, 0.05) is 121 Å². The van der Waals surface area contributed by atoms with Gasteiger partial charge in [0.05, 0.1) is 93.7 Å². The molecule has 0 aromatic heterocycles. The van der Waals surface area contributed by atoms with Crippen LogP contribution in [-0.4, -0.2) is 102 Å². The monoisotopic (exact) mass is 1650 g/mol. The van der Waals surface area contributed by atoms with Crippen molar-refractivity contribution in [3.05, 3.63) is 289 Å². The van der Waals surface area contributed by atoms with Crippen LogP contribution in [0.15, 0.2) is 261 Å². The van der Waals surface area contributed by atoms with Crippen molar-refractivity contribution in [2.75, 3.05) is 120 Å². The number of aryl methyl sites for hydroxylation is 1. The molecule has 8 aliphatic rings. The van der Waals surface area contributed by atoms with Crippen LogP contribution in [-0.2, 0) is 0 Å². The van der Waals surface area contributed by atoms with E-state index in [1.54, 1.807) is 43.0 Å². The highest BCUT2D eigenvalue weighted by atomic mass is 15.5. The van der Waals surface area contributed by atoms with E-state index >= 15 is 0 Å². The number of hydrogen-bond donors (Lipinski definition) is 0. The molecule has 0 unspecified atom stereocenters. The maximum absolute atomic E-state index is 9.00. The Morgan fingerprint density at radius 1 is 0.260 bits per heavy atom. The van der Waals surface area contributed by atoms with Gasteiger partial charge >= 0.3 is 0 Å². The minimum Gasteiger partial charge on any atom is -0.353 e.